The lowest BCUT2D eigenvalue weighted by atomic mass is 10.1. The lowest BCUT2D eigenvalue weighted by molar-refractivity contribution is -0.140. The van der Waals surface area contributed by atoms with Crippen molar-refractivity contribution in [1.29, 1.82) is 0 Å². The van der Waals surface area contributed by atoms with Gasteiger partial charge in [0, 0.05) is 12.8 Å². The molecule has 1 aromatic carbocycles. The number of hydrogen-bond donors (Lipinski definition) is 3. The highest BCUT2D eigenvalue weighted by Crippen LogP contribution is 2.09. The van der Waals surface area contributed by atoms with E-state index in [2.05, 4.69) is 10.6 Å². The third-order valence-corrected chi connectivity index (χ3v) is 3.45. The maximum atomic E-state index is 11.8. The predicted octanol–water partition coefficient (Wildman–Crippen LogP) is 0.467. The molecule has 0 aromatic heterocycles. The van der Waals surface area contributed by atoms with Crippen LogP contribution in [0.15, 0.2) is 30.3 Å². The second-order valence-electron chi connectivity index (χ2n) is 5.09. The smallest absolute Gasteiger partial charge is 0.326 e. The zero-order valence-electron chi connectivity index (χ0n) is 11.5. The molecule has 3 N–H and O–H groups in total. The van der Waals surface area contributed by atoms with E-state index in [9.17, 15) is 14.4 Å². The summed E-state index contributed by atoms with van der Waals surface area (Å²) in [7, 11) is 0. The Hall–Kier alpha value is -2.37. The number of carbonyl (C=O) groups is 3. The molecule has 0 saturated carbocycles. The first kappa shape index (κ1) is 15.0. The van der Waals surface area contributed by atoms with Crippen molar-refractivity contribution in [1.82, 2.24) is 10.6 Å². The summed E-state index contributed by atoms with van der Waals surface area (Å²) < 4.78 is 0. The maximum Gasteiger partial charge on any atom is 0.326 e. The fraction of sp³-hybridized carbons (Fsp3) is 0.400. The van der Waals surface area contributed by atoms with E-state index in [-0.39, 0.29) is 12.3 Å². The molecule has 112 valence electrons. The minimum absolute atomic E-state index is 0.0958. The lowest BCUT2D eigenvalue weighted by Crippen LogP contribution is -2.40. The molecule has 6 heteroatoms. The van der Waals surface area contributed by atoms with E-state index < -0.39 is 24.0 Å². The summed E-state index contributed by atoms with van der Waals surface area (Å²) >= 11 is 0. The minimum atomic E-state index is -1.08. The quantitative estimate of drug-likeness (QED) is 0.709. The van der Waals surface area contributed by atoms with Crippen LogP contribution < -0.4 is 10.6 Å². The fourth-order valence-corrected chi connectivity index (χ4v) is 2.33. The van der Waals surface area contributed by atoms with E-state index in [0.29, 0.717) is 12.8 Å². The van der Waals surface area contributed by atoms with Crippen molar-refractivity contribution in [3.63, 3.8) is 0 Å². The molecule has 1 aromatic rings. The highest BCUT2D eigenvalue weighted by molar-refractivity contribution is 5.93. The second-order valence-corrected chi connectivity index (χ2v) is 5.09. The van der Waals surface area contributed by atoms with E-state index >= 15 is 0 Å². The van der Waals surface area contributed by atoms with Crippen molar-refractivity contribution in [3.8, 4) is 0 Å². The molecule has 0 aliphatic carbocycles. The molecule has 0 spiro atoms. The van der Waals surface area contributed by atoms with Gasteiger partial charge >= 0.3 is 5.97 Å². The topological polar surface area (TPSA) is 95.5 Å². The number of carboxylic acids is 1. The molecule has 21 heavy (non-hydrogen) atoms. The molecule has 2 amide bonds. The highest BCUT2D eigenvalue weighted by atomic mass is 16.4. The van der Waals surface area contributed by atoms with Crippen LogP contribution >= 0.6 is 0 Å². The molecule has 6 nitrogen and oxygen atoms in total. The Bertz CT molecular complexity index is 530. The molecular formula is C15H18N2O4. The van der Waals surface area contributed by atoms with Gasteiger partial charge in [-0.15, -0.1) is 0 Å². The third-order valence-electron chi connectivity index (χ3n) is 3.45. The standard InChI is InChI=1S/C15H18N2O4/c18-13(8-4-7-10-5-2-1-3-6-10)16-11-9-12(15(20)21)17-14(11)19/h1-3,5-6,11-12H,4,7-9H2,(H,16,18)(H,17,19)(H,20,21)/t11-,12-/m0/s1. The Kier molecular flexibility index (Phi) is 4.92. The van der Waals surface area contributed by atoms with Crippen molar-refractivity contribution in [2.75, 3.05) is 0 Å². The number of benzene rings is 1. The number of aryl methyl sites for hydroxylation is 1. The minimum Gasteiger partial charge on any atom is -0.480 e. The molecule has 0 bridgehead atoms. The van der Waals surface area contributed by atoms with E-state index in [4.69, 9.17) is 5.11 Å². The van der Waals surface area contributed by atoms with Crippen LogP contribution in [0.2, 0.25) is 0 Å². The van der Waals surface area contributed by atoms with Crippen LogP contribution in [0.25, 0.3) is 0 Å². The molecule has 1 aliphatic heterocycles. The van der Waals surface area contributed by atoms with E-state index in [1.54, 1.807) is 0 Å². The molecule has 0 radical (unpaired) electrons. The van der Waals surface area contributed by atoms with Crippen molar-refractivity contribution in [3.05, 3.63) is 35.9 Å². The lowest BCUT2D eigenvalue weighted by Gasteiger charge is -2.09. The fourth-order valence-electron chi connectivity index (χ4n) is 2.33. The van der Waals surface area contributed by atoms with Crippen molar-refractivity contribution in [2.24, 2.45) is 0 Å². The zero-order valence-corrected chi connectivity index (χ0v) is 11.5. The van der Waals surface area contributed by atoms with Gasteiger partial charge in [0.15, 0.2) is 0 Å². The summed E-state index contributed by atoms with van der Waals surface area (Å²) in [5, 5.41) is 13.7. The molecule has 1 fully saturated rings. The average molecular weight is 290 g/mol. The SMILES string of the molecule is O=C(CCCc1ccccc1)N[C@H]1C[C@@H](C(=O)O)NC1=O. The van der Waals surface area contributed by atoms with Gasteiger partial charge in [0.25, 0.3) is 0 Å². The van der Waals surface area contributed by atoms with Crippen LogP contribution in [-0.4, -0.2) is 35.0 Å². The third kappa shape index (κ3) is 4.30. The largest absolute Gasteiger partial charge is 0.480 e. The van der Waals surface area contributed by atoms with Crippen LogP contribution in [-0.2, 0) is 20.8 Å². The second kappa shape index (κ2) is 6.88. The Morgan fingerprint density at radius 2 is 2.00 bits per heavy atom. The van der Waals surface area contributed by atoms with Crippen LogP contribution in [0.5, 0.6) is 0 Å². The summed E-state index contributed by atoms with van der Waals surface area (Å²) in [6.45, 7) is 0. The summed E-state index contributed by atoms with van der Waals surface area (Å²) in [4.78, 5) is 34.1. The van der Waals surface area contributed by atoms with Gasteiger partial charge in [-0.2, -0.15) is 0 Å². The molecule has 2 atom stereocenters. The van der Waals surface area contributed by atoms with Gasteiger partial charge in [-0.25, -0.2) is 4.79 Å². The number of nitrogens with one attached hydrogen (secondary N) is 2. The Balaban J connectivity index is 1.72. The van der Waals surface area contributed by atoms with Crippen LogP contribution in [0.1, 0.15) is 24.8 Å². The van der Waals surface area contributed by atoms with Gasteiger partial charge in [-0.3, -0.25) is 9.59 Å². The molecule has 1 saturated heterocycles. The van der Waals surface area contributed by atoms with E-state index in [1.165, 1.54) is 0 Å². The average Bonchev–Trinajstić information content (AvgIpc) is 2.81. The summed E-state index contributed by atoms with van der Waals surface area (Å²) in [5.41, 5.74) is 1.16. The van der Waals surface area contributed by atoms with Gasteiger partial charge in [-0.05, 0) is 18.4 Å². The van der Waals surface area contributed by atoms with Crippen LogP contribution in [0.3, 0.4) is 0 Å². The number of amides is 2. The van der Waals surface area contributed by atoms with Gasteiger partial charge in [-0.1, -0.05) is 30.3 Å². The monoisotopic (exact) mass is 290 g/mol. The first-order valence-electron chi connectivity index (χ1n) is 6.92. The number of carbonyl (C=O) groups excluding carboxylic acids is 2. The Labute approximate surface area is 122 Å². The van der Waals surface area contributed by atoms with Crippen LogP contribution in [0, 0.1) is 0 Å². The molecule has 1 aliphatic rings. The molecule has 1 heterocycles. The highest BCUT2D eigenvalue weighted by Gasteiger charge is 2.36. The number of aliphatic carboxylic acids is 1. The van der Waals surface area contributed by atoms with Crippen molar-refractivity contribution < 1.29 is 19.5 Å². The Morgan fingerprint density at radius 3 is 2.62 bits per heavy atom. The summed E-state index contributed by atoms with van der Waals surface area (Å²) in [6.07, 6.45) is 1.89. The number of hydrogen-bond acceptors (Lipinski definition) is 3. The van der Waals surface area contributed by atoms with E-state index in [0.717, 1.165) is 12.0 Å². The first-order chi connectivity index (χ1) is 10.1. The van der Waals surface area contributed by atoms with Crippen LogP contribution in [0.4, 0.5) is 0 Å². The normalized spacial score (nSPS) is 20.9. The molecule has 0 unspecified atom stereocenters. The molecule has 2 rings (SSSR count). The van der Waals surface area contributed by atoms with Gasteiger partial charge in [0.2, 0.25) is 11.8 Å². The van der Waals surface area contributed by atoms with Gasteiger partial charge < -0.3 is 15.7 Å². The van der Waals surface area contributed by atoms with Crippen molar-refractivity contribution in [2.45, 2.75) is 37.8 Å². The number of rotatable bonds is 6. The first-order valence-corrected chi connectivity index (χ1v) is 6.92. The summed E-state index contributed by atoms with van der Waals surface area (Å²) in [6, 6.07) is 8.18. The van der Waals surface area contributed by atoms with Crippen molar-refractivity contribution >= 4 is 17.8 Å². The maximum absolute atomic E-state index is 11.8. The van der Waals surface area contributed by atoms with Gasteiger partial charge in [0.1, 0.15) is 12.1 Å². The van der Waals surface area contributed by atoms with E-state index in [1.807, 2.05) is 30.3 Å². The number of carboxylic acid groups (broad SMARTS) is 1. The summed E-state index contributed by atoms with van der Waals surface area (Å²) in [5.74, 6) is -1.74. The zero-order chi connectivity index (χ0) is 15.2. The van der Waals surface area contributed by atoms with Gasteiger partial charge in [0.05, 0.1) is 0 Å². The predicted molar refractivity (Wildman–Crippen MR) is 75.5 cm³/mol. The molecular weight excluding hydrogens is 272 g/mol. The Morgan fingerprint density at radius 1 is 1.29 bits per heavy atom.